The van der Waals surface area contributed by atoms with Crippen LogP contribution >= 0.6 is 11.8 Å². The zero-order valence-electron chi connectivity index (χ0n) is 11.6. The minimum absolute atomic E-state index is 0.391. The molecule has 2 fully saturated rings. The minimum atomic E-state index is 0.391. The molecule has 0 radical (unpaired) electrons. The molecule has 0 bridgehead atoms. The van der Waals surface area contributed by atoms with Gasteiger partial charge in [0.25, 0.3) is 0 Å². The van der Waals surface area contributed by atoms with Crippen molar-refractivity contribution in [1.82, 2.24) is 15.5 Å². The predicted octanol–water partition coefficient (Wildman–Crippen LogP) is 2.93. The maximum atomic E-state index is 5.56. The van der Waals surface area contributed by atoms with E-state index in [-0.39, 0.29) is 0 Å². The summed E-state index contributed by atoms with van der Waals surface area (Å²) in [4.78, 5) is 4.72. The van der Waals surface area contributed by atoms with Crippen molar-refractivity contribution in [3.05, 3.63) is 11.7 Å². The Bertz CT molecular complexity index is 401. The smallest absolute Gasteiger partial charge is 0.232 e. The molecule has 5 heteroatoms. The van der Waals surface area contributed by atoms with Crippen LogP contribution in [0.25, 0.3) is 0 Å². The highest BCUT2D eigenvalue weighted by molar-refractivity contribution is 7.99. The minimum Gasteiger partial charge on any atom is -0.339 e. The van der Waals surface area contributed by atoms with E-state index in [9.17, 15) is 0 Å². The second kappa shape index (κ2) is 6.27. The van der Waals surface area contributed by atoms with Crippen LogP contribution in [0.15, 0.2) is 4.52 Å². The average molecular weight is 281 g/mol. The monoisotopic (exact) mass is 281 g/mol. The van der Waals surface area contributed by atoms with E-state index < -0.39 is 0 Å². The predicted molar refractivity (Wildman–Crippen MR) is 77.7 cm³/mol. The van der Waals surface area contributed by atoms with Crippen molar-refractivity contribution < 1.29 is 4.52 Å². The Morgan fingerprint density at radius 1 is 1.16 bits per heavy atom. The van der Waals surface area contributed by atoms with E-state index in [0.29, 0.717) is 17.9 Å². The molecule has 1 aliphatic carbocycles. The maximum Gasteiger partial charge on any atom is 0.232 e. The summed E-state index contributed by atoms with van der Waals surface area (Å²) in [6.07, 6.45) is 7.81. The first-order chi connectivity index (χ1) is 9.38. The van der Waals surface area contributed by atoms with E-state index in [4.69, 9.17) is 9.51 Å². The molecule has 2 unspecified atom stereocenters. The van der Waals surface area contributed by atoms with Gasteiger partial charge in [0, 0.05) is 23.5 Å². The molecular weight excluding hydrogens is 258 g/mol. The molecule has 1 aliphatic heterocycles. The lowest BCUT2D eigenvalue weighted by atomic mass is 9.99. The van der Waals surface area contributed by atoms with Crippen LogP contribution in [0, 0.1) is 0 Å². The number of hydrogen-bond donors (Lipinski definition) is 1. The van der Waals surface area contributed by atoms with Crippen molar-refractivity contribution >= 4 is 11.8 Å². The van der Waals surface area contributed by atoms with Crippen LogP contribution in [-0.4, -0.2) is 34.7 Å². The van der Waals surface area contributed by atoms with E-state index in [1.807, 2.05) is 18.8 Å². The summed E-state index contributed by atoms with van der Waals surface area (Å²) in [5.74, 6) is 4.97. The number of likely N-dealkylation sites (N-methyl/N-ethyl adjacent to an activating group) is 1. The van der Waals surface area contributed by atoms with Crippen molar-refractivity contribution in [2.75, 3.05) is 18.6 Å². The van der Waals surface area contributed by atoms with Gasteiger partial charge in [-0.3, -0.25) is 0 Å². The summed E-state index contributed by atoms with van der Waals surface area (Å²) >= 11 is 1.97. The van der Waals surface area contributed by atoms with Crippen molar-refractivity contribution in [3.8, 4) is 0 Å². The van der Waals surface area contributed by atoms with Gasteiger partial charge in [0.15, 0.2) is 5.82 Å². The molecule has 3 rings (SSSR count). The zero-order valence-corrected chi connectivity index (χ0v) is 12.4. The third-order valence-corrected chi connectivity index (χ3v) is 5.64. The SMILES string of the molecule is CNC1CSCC1c1nc(C2CCCCCC2)no1. The maximum absolute atomic E-state index is 5.56. The van der Waals surface area contributed by atoms with E-state index in [0.717, 1.165) is 23.2 Å². The first-order valence-electron chi connectivity index (χ1n) is 7.47. The zero-order chi connectivity index (χ0) is 13.1. The van der Waals surface area contributed by atoms with Crippen LogP contribution in [0.5, 0.6) is 0 Å². The summed E-state index contributed by atoms with van der Waals surface area (Å²) in [6.45, 7) is 0. The third kappa shape index (κ3) is 2.97. The van der Waals surface area contributed by atoms with Crippen molar-refractivity contribution in [1.29, 1.82) is 0 Å². The van der Waals surface area contributed by atoms with Crippen molar-refractivity contribution in [3.63, 3.8) is 0 Å². The second-order valence-corrected chi connectivity index (χ2v) is 6.79. The number of thioether (sulfide) groups is 1. The molecule has 0 aromatic carbocycles. The Morgan fingerprint density at radius 3 is 2.68 bits per heavy atom. The Hall–Kier alpha value is -0.550. The van der Waals surface area contributed by atoms with Crippen LogP contribution in [0.1, 0.15) is 62.1 Å². The van der Waals surface area contributed by atoms with Crippen LogP contribution in [-0.2, 0) is 0 Å². The topological polar surface area (TPSA) is 51.0 Å². The fraction of sp³-hybridized carbons (Fsp3) is 0.857. The van der Waals surface area contributed by atoms with Gasteiger partial charge in [-0.05, 0) is 19.9 Å². The standard InChI is InChI=1S/C14H23N3OS/c1-15-12-9-19-8-11(12)14-16-13(17-18-14)10-6-4-2-3-5-7-10/h10-12,15H,2-9H2,1H3. The average Bonchev–Trinajstić information content (AvgIpc) is 3.01. The molecule has 2 aliphatic rings. The number of hydrogen-bond acceptors (Lipinski definition) is 5. The van der Waals surface area contributed by atoms with Crippen LogP contribution in [0.4, 0.5) is 0 Å². The third-order valence-electron chi connectivity index (χ3n) is 4.45. The van der Waals surface area contributed by atoms with Crippen molar-refractivity contribution in [2.24, 2.45) is 0 Å². The van der Waals surface area contributed by atoms with Crippen LogP contribution in [0.2, 0.25) is 0 Å². The van der Waals surface area contributed by atoms with E-state index in [1.54, 1.807) is 0 Å². The molecule has 106 valence electrons. The number of rotatable bonds is 3. The summed E-state index contributed by atoms with van der Waals surface area (Å²) < 4.78 is 5.56. The highest BCUT2D eigenvalue weighted by atomic mass is 32.2. The quantitative estimate of drug-likeness (QED) is 0.863. The van der Waals surface area contributed by atoms with Gasteiger partial charge in [-0.15, -0.1) is 0 Å². The van der Waals surface area contributed by atoms with Gasteiger partial charge in [0.05, 0.1) is 5.92 Å². The Kier molecular flexibility index (Phi) is 4.43. The molecule has 2 heterocycles. The molecule has 0 spiro atoms. The summed E-state index contributed by atoms with van der Waals surface area (Å²) in [5.41, 5.74) is 0. The lowest BCUT2D eigenvalue weighted by molar-refractivity contribution is 0.337. The molecular formula is C14H23N3OS. The van der Waals surface area contributed by atoms with Gasteiger partial charge < -0.3 is 9.84 Å². The largest absolute Gasteiger partial charge is 0.339 e. The van der Waals surface area contributed by atoms with E-state index in [1.165, 1.54) is 38.5 Å². The molecule has 19 heavy (non-hydrogen) atoms. The normalized spacial score (nSPS) is 29.5. The number of nitrogens with one attached hydrogen (secondary N) is 1. The second-order valence-electron chi connectivity index (χ2n) is 5.72. The number of nitrogens with zero attached hydrogens (tertiary/aromatic N) is 2. The van der Waals surface area contributed by atoms with Gasteiger partial charge in [-0.25, -0.2) is 0 Å². The van der Waals surface area contributed by atoms with Gasteiger partial charge in [0.2, 0.25) is 5.89 Å². The molecule has 1 N–H and O–H groups in total. The van der Waals surface area contributed by atoms with E-state index in [2.05, 4.69) is 10.5 Å². The van der Waals surface area contributed by atoms with Gasteiger partial charge in [-0.2, -0.15) is 16.7 Å². The highest BCUT2D eigenvalue weighted by Gasteiger charge is 2.33. The lowest BCUT2D eigenvalue weighted by Gasteiger charge is -2.13. The lowest BCUT2D eigenvalue weighted by Crippen LogP contribution is -2.31. The molecule has 1 aromatic heterocycles. The van der Waals surface area contributed by atoms with Gasteiger partial charge in [0.1, 0.15) is 0 Å². The number of aromatic nitrogens is 2. The van der Waals surface area contributed by atoms with Crippen LogP contribution in [0.3, 0.4) is 0 Å². The van der Waals surface area contributed by atoms with Gasteiger partial charge >= 0.3 is 0 Å². The fourth-order valence-corrected chi connectivity index (χ4v) is 4.60. The molecule has 1 saturated heterocycles. The fourth-order valence-electron chi connectivity index (χ4n) is 3.18. The summed E-state index contributed by atoms with van der Waals surface area (Å²) in [6, 6.07) is 0.479. The first-order valence-corrected chi connectivity index (χ1v) is 8.62. The summed E-state index contributed by atoms with van der Waals surface area (Å²) in [5, 5.41) is 7.63. The molecule has 2 atom stereocenters. The van der Waals surface area contributed by atoms with Crippen LogP contribution < -0.4 is 5.32 Å². The molecule has 4 nitrogen and oxygen atoms in total. The first kappa shape index (κ1) is 13.4. The van der Waals surface area contributed by atoms with Gasteiger partial charge in [-0.1, -0.05) is 30.8 Å². The van der Waals surface area contributed by atoms with Crippen molar-refractivity contribution in [2.45, 2.75) is 56.4 Å². The highest BCUT2D eigenvalue weighted by Crippen LogP contribution is 2.34. The molecule has 1 aromatic rings. The molecule has 1 saturated carbocycles. The van der Waals surface area contributed by atoms with E-state index >= 15 is 0 Å². The molecule has 0 amide bonds. The Balaban J connectivity index is 1.71. The summed E-state index contributed by atoms with van der Waals surface area (Å²) in [7, 11) is 2.02. The Morgan fingerprint density at radius 2 is 1.95 bits per heavy atom. The Labute approximate surface area is 119 Å².